The zero-order valence-electron chi connectivity index (χ0n) is 20.3. The summed E-state index contributed by atoms with van der Waals surface area (Å²) in [6, 6.07) is 30.7. The first-order chi connectivity index (χ1) is 18.2. The number of aromatic nitrogens is 1. The molecule has 1 aliphatic heterocycles. The average Bonchev–Trinajstić information content (AvgIpc) is 3.26. The van der Waals surface area contributed by atoms with Gasteiger partial charge in [0, 0.05) is 11.1 Å². The summed E-state index contributed by atoms with van der Waals surface area (Å²) < 4.78 is 8.34. The van der Waals surface area contributed by atoms with E-state index in [0.717, 1.165) is 56.6 Å². The van der Waals surface area contributed by atoms with Gasteiger partial charge in [-0.2, -0.15) is 0 Å². The maximum absolute atomic E-state index is 14.1. The number of thiazole rings is 1. The molecule has 0 fully saturated rings. The lowest BCUT2D eigenvalue weighted by atomic mass is 9.83. The van der Waals surface area contributed by atoms with E-state index < -0.39 is 0 Å². The number of nitrogens with zero attached hydrogens (tertiary/aromatic N) is 2. The predicted octanol–water partition coefficient (Wildman–Crippen LogP) is 5.48. The molecule has 5 aromatic rings. The van der Waals surface area contributed by atoms with E-state index in [-0.39, 0.29) is 11.6 Å². The Labute approximate surface area is 218 Å². The van der Waals surface area contributed by atoms with Crippen LogP contribution >= 0.6 is 11.3 Å². The molecule has 2 aliphatic rings. The zero-order chi connectivity index (χ0) is 24.9. The lowest BCUT2D eigenvalue weighted by Gasteiger charge is -2.31. The van der Waals surface area contributed by atoms with Crippen LogP contribution in [-0.2, 0) is 6.42 Å². The maximum atomic E-state index is 14.1. The number of methoxy groups -OCH3 is 1. The van der Waals surface area contributed by atoms with Crippen LogP contribution in [0.4, 0.5) is 0 Å². The van der Waals surface area contributed by atoms with Crippen molar-refractivity contribution in [2.24, 2.45) is 4.99 Å². The predicted molar refractivity (Wildman–Crippen MR) is 150 cm³/mol. The number of hydrogen-bond acceptors (Lipinski definition) is 4. The van der Waals surface area contributed by atoms with Gasteiger partial charge in [0.25, 0.3) is 5.56 Å². The van der Waals surface area contributed by atoms with Gasteiger partial charge in [-0.3, -0.25) is 9.36 Å². The second kappa shape index (κ2) is 8.71. The summed E-state index contributed by atoms with van der Waals surface area (Å²) in [5, 5.41) is 2.29. The van der Waals surface area contributed by atoms with E-state index in [4.69, 9.17) is 9.73 Å². The molecule has 37 heavy (non-hydrogen) atoms. The summed E-state index contributed by atoms with van der Waals surface area (Å²) in [5.74, 6) is 0.781. The molecule has 0 saturated carbocycles. The van der Waals surface area contributed by atoms with Crippen molar-refractivity contribution in [2.45, 2.75) is 18.9 Å². The second-order valence-electron chi connectivity index (χ2n) is 9.42. The molecule has 5 heteroatoms. The average molecular weight is 501 g/mol. The fourth-order valence-corrected chi connectivity index (χ4v) is 6.70. The van der Waals surface area contributed by atoms with Crippen molar-refractivity contribution < 1.29 is 4.74 Å². The molecule has 0 bridgehead atoms. The van der Waals surface area contributed by atoms with Gasteiger partial charge < -0.3 is 4.74 Å². The number of ether oxygens (including phenoxy) is 1. The molecule has 0 amide bonds. The fourth-order valence-electron chi connectivity index (χ4n) is 5.71. The zero-order valence-corrected chi connectivity index (χ0v) is 21.2. The summed E-state index contributed by atoms with van der Waals surface area (Å²) in [7, 11) is 1.69. The summed E-state index contributed by atoms with van der Waals surface area (Å²) in [4.78, 5) is 19.9. The van der Waals surface area contributed by atoms with Crippen molar-refractivity contribution >= 4 is 33.9 Å². The molecule has 1 aromatic heterocycles. The summed E-state index contributed by atoms with van der Waals surface area (Å²) >= 11 is 1.46. The quantitative estimate of drug-likeness (QED) is 0.329. The van der Waals surface area contributed by atoms with Crippen molar-refractivity contribution in [2.75, 3.05) is 7.11 Å². The molecular weight excluding hydrogens is 476 g/mol. The van der Waals surface area contributed by atoms with Gasteiger partial charge in [0.15, 0.2) is 4.80 Å². The summed E-state index contributed by atoms with van der Waals surface area (Å²) in [5.41, 5.74) is 6.64. The Bertz CT molecular complexity index is 1910. The van der Waals surface area contributed by atoms with Gasteiger partial charge in [-0.25, -0.2) is 4.99 Å². The number of benzene rings is 4. The lowest BCUT2D eigenvalue weighted by Crippen LogP contribution is -2.39. The van der Waals surface area contributed by atoms with Crippen LogP contribution < -0.4 is 19.6 Å². The normalized spacial score (nSPS) is 16.7. The minimum Gasteiger partial charge on any atom is -0.496 e. The van der Waals surface area contributed by atoms with Gasteiger partial charge in [0.2, 0.25) is 0 Å². The highest BCUT2D eigenvalue weighted by Crippen LogP contribution is 2.43. The molecule has 0 N–H and O–H groups in total. The van der Waals surface area contributed by atoms with E-state index in [0.29, 0.717) is 4.53 Å². The van der Waals surface area contributed by atoms with Crippen molar-refractivity contribution in [1.82, 2.24) is 4.57 Å². The van der Waals surface area contributed by atoms with Crippen LogP contribution in [0.25, 0.3) is 22.5 Å². The van der Waals surface area contributed by atoms with E-state index in [2.05, 4.69) is 54.6 Å². The fraction of sp³-hybridized carbons (Fsp3) is 0.125. The van der Waals surface area contributed by atoms with E-state index in [9.17, 15) is 4.79 Å². The minimum atomic E-state index is -0.259. The maximum Gasteiger partial charge on any atom is 0.271 e. The second-order valence-corrected chi connectivity index (χ2v) is 10.4. The molecule has 1 aliphatic carbocycles. The molecule has 180 valence electrons. The Balaban J connectivity index is 1.52. The third-order valence-corrected chi connectivity index (χ3v) is 8.40. The molecule has 1 atom stereocenters. The van der Waals surface area contributed by atoms with Crippen molar-refractivity contribution in [3.05, 3.63) is 139 Å². The van der Waals surface area contributed by atoms with Gasteiger partial charge in [-0.15, -0.1) is 0 Å². The Morgan fingerprint density at radius 1 is 0.919 bits per heavy atom. The Kier molecular flexibility index (Phi) is 5.18. The molecule has 0 spiro atoms. The molecular formula is C32H24N2O2S. The third kappa shape index (κ3) is 3.50. The van der Waals surface area contributed by atoms with Gasteiger partial charge in [0.1, 0.15) is 5.75 Å². The molecule has 0 unspecified atom stereocenters. The Morgan fingerprint density at radius 3 is 2.62 bits per heavy atom. The number of hydrogen-bond donors (Lipinski definition) is 0. The highest BCUT2D eigenvalue weighted by atomic mass is 32.1. The van der Waals surface area contributed by atoms with Crippen LogP contribution in [0.5, 0.6) is 5.75 Å². The number of para-hydroxylation sites is 1. The first kappa shape index (κ1) is 22.0. The molecule has 7 rings (SSSR count). The minimum absolute atomic E-state index is 0.0157. The SMILES string of the molecule is COc1ccccc1[C@H]1C2=C(N=c3s/c(=C/c4cccc5ccccc45)c(=O)n31)c1ccccc1CC2. The van der Waals surface area contributed by atoms with Crippen LogP contribution in [0.1, 0.15) is 34.7 Å². The topological polar surface area (TPSA) is 43.6 Å². The van der Waals surface area contributed by atoms with Gasteiger partial charge in [-0.05, 0) is 52.5 Å². The highest BCUT2D eigenvalue weighted by molar-refractivity contribution is 7.07. The van der Waals surface area contributed by atoms with Gasteiger partial charge >= 0.3 is 0 Å². The molecule has 0 radical (unpaired) electrons. The van der Waals surface area contributed by atoms with Gasteiger partial charge in [-0.1, -0.05) is 96.3 Å². The molecule has 0 saturated heterocycles. The first-order valence-corrected chi connectivity index (χ1v) is 13.3. The van der Waals surface area contributed by atoms with Crippen LogP contribution in [0.3, 0.4) is 0 Å². The van der Waals surface area contributed by atoms with E-state index >= 15 is 0 Å². The van der Waals surface area contributed by atoms with Crippen LogP contribution in [0.15, 0.2) is 106 Å². The van der Waals surface area contributed by atoms with Crippen molar-refractivity contribution in [1.29, 1.82) is 0 Å². The monoisotopic (exact) mass is 500 g/mol. The van der Waals surface area contributed by atoms with Gasteiger partial charge in [0.05, 0.1) is 23.4 Å². The smallest absolute Gasteiger partial charge is 0.271 e. The molecule has 2 heterocycles. The first-order valence-electron chi connectivity index (χ1n) is 12.5. The van der Waals surface area contributed by atoms with Crippen molar-refractivity contribution in [3.63, 3.8) is 0 Å². The summed E-state index contributed by atoms with van der Waals surface area (Å²) in [6.45, 7) is 0. The lowest BCUT2D eigenvalue weighted by molar-refractivity contribution is 0.402. The number of aryl methyl sites for hydroxylation is 1. The van der Waals surface area contributed by atoms with Crippen LogP contribution in [0.2, 0.25) is 0 Å². The van der Waals surface area contributed by atoms with Crippen molar-refractivity contribution in [3.8, 4) is 5.75 Å². The summed E-state index contributed by atoms with van der Waals surface area (Å²) in [6.07, 6.45) is 3.80. The molecule has 4 nitrogen and oxygen atoms in total. The largest absolute Gasteiger partial charge is 0.496 e. The standard InChI is InChI=1S/C32H24N2O2S/c1-36-27-16-7-6-15-25(27)30-26-18-17-21-10-3-5-14-24(21)29(26)33-32-34(30)31(35)28(37-32)19-22-12-8-11-20-9-2-4-13-23(20)22/h2-16,19,30H,17-18H2,1H3/b28-19+/t30-/m0/s1. The number of allylic oxidation sites excluding steroid dienone is 1. The third-order valence-electron chi connectivity index (χ3n) is 7.42. The molecule has 4 aromatic carbocycles. The van der Waals surface area contributed by atoms with Crippen LogP contribution in [0, 0.1) is 0 Å². The van der Waals surface area contributed by atoms with E-state index in [1.165, 1.54) is 22.5 Å². The Morgan fingerprint density at radius 2 is 1.70 bits per heavy atom. The highest BCUT2D eigenvalue weighted by Gasteiger charge is 2.33. The van der Waals surface area contributed by atoms with Crippen LogP contribution in [-0.4, -0.2) is 11.7 Å². The number of fused-ring (bicyclic) bond motifs is 4. The number of rotatable bonds is 3. The van der Waals surface area contributed by atoms with E-state index in [1.807, 2.05) is 47.0 Å². The Hall–Kier alpha value is -4.22. The van der Waals surface area contributed by atoms with E-state index in [1.54, 1.807) is 7.11 Å².